The summed E-state index contributed by atoms with van der Waals surface area (Å²) in [6.45, 7) is 0.676. The zero-order valence-electron chi connectivity index (χ0n) is 27.5. The Morgan fingerprint density at radius 3 is 2.53 bits per heavy atom. The molecule has 3 aromatic carbocycles. The summed E-state index contributed by atoms with van der Waals surface area (Å²) in [6, 6.07) is 17.5. The van der Waals surface area contributed by atoms with Crippen LogP contribution in [-0.2, 0) is 27.9 Å². The average molecular weight is 713 g/mol. The number of hydrogen-bond acceptors (Lipinski definition) is 10. The smallest absolute Gasteiger partial charge is 0.410 e. The van der Waals surface area contributed by atoms with Crippen molar-refractivity contribution in [3.8, 4) is 11.5 Å². The number of piperidine rings is 1. The second kappa shape index (κ2) is 15.7. The van der Waals surface area contributed by atoms with E-state index in [0.29, 0.717) is 36.6 Å². The van der Waals surface area contributed by atoms with Gasteiger partial charge in [-0.05, 0) is 50.3 Å². The van der Waals surface area contributed by atoms with E-state index in [4.69, 9.17) is 25.8 Å². The number of likely N-dealkylation sites (N-methyl/N-ethyl adjacent to an activating group) is 1. The minimum atomic E-state index is -4.56. The van der Waals surface area contributed by atoms with Gasteiger partial charge in [-0.2, -0.15) is 0 Å². The van der Waals surface area contributed by atoms with Gasteiger partial charge >= 0.3 is 6.09 Å². The summed E-state index contributed by atoms with van der Waals surface area (Å²) in [4.78, 5) is 23.9. The van der Waals surface area contributed by atoms with Crippen LogP contribution in [0.15, 0.2) is 84.1 Å². The molecule has 2 heterocycles. The van der Waals surface area contributed by atoms with Crippen molar-refractivity contribution in [2.75, 3.05) is 51.0 Å². The van der Waals surface area contributed by atoms with E-state index in [2.05, 4.69) is 15.3 Å². The number of carbonyl (C=O) groups excluding carboxylic acids is 1. The van der Waals surface area contributed by atoms with Gasteiger partial charge in [0.25, 0.3) is 10.0 Å². The van der Waals surface area contributed by atoms with Crippen molar-refractivity contribution in [3.05, 3.63) is 101 Å². The predicted molar refractivity (Wildman–Crippen MR) is 184 cm³/mol. The predicted octanol–water partition coefficient (Wildman–Crippen LogP) is 5.44. The minimum absolute atomic E-state index is 0.00634. The third-order valence-electron chi connectivity index (χ3n) is 8.27. The lowest BCUT2D eigenvalue weighted by Gasteiger charge is -2.42. The fourth-order valence-corrected chi connectivity index (χ4v) is 7.37. The van der Waals surface area contributed by atoms with E-state index in [-0.39, 0.29) is 41.8 Å². The molecule has 1 amide bonds. The quantitative estimate of drug-likeness (QED) is 0.203. The molecule has 0 radical (unpaired) electrons. The summed E-state index contributed by atoms with van der Waals surface area (Å²) < 4.78 is 61.5. The van der Waals surface area contributed by atoms with Crippen LogP contribution in [0.1, 0.15) is 17.5 Å². The Labute approximate surface area is 290 Å². The van der Waals surface area contributed by atoms with Gasteiger partial charge in [-0.3, -0.25) is 0 Å². The highest BCUT2D eigenvalue weighted by Crippen LogP contribution is 2.35. The summed E-state index contributed by atoms with van der Waals surface area (Å²) in [5.74, 6) is -0.0924. The van der Waals surface area contributed by atoms with Crippen molar-refractivity contribution in [2.24, 2.45) is 0 Å². The van der Waals surface area contributed by atoms with Gasteiger partial charge in [0.15, 0.2) is 0 Å². The van der Waals surface area contributed by atoms with Crippen LogP contribution in [0.5, 0.6) is 11.5 Å². The number of carbonyl (C=O) groups is 1. The van der Waals surface area contributed by atoms with Crippen LogP contribution in [0.4, 0.5) is 20.7 Å². The molecule has 0 aliphatic carbocycles. The molecule has 1 aromatic heterocycles. The number of anilines is 2. The molecule has 12 nitrogen and oxygen atoms in total. The Morgan fingerprint density at radius 1 is 1.08 bits per heavy atom. The molecule has 49 heavy (non-hydrogen) atoms. The molecule has 2 atom stereocenters. The number of likely N-dealkylation sites (tertiary alicyclic amines) is 1. The van der Waals surface area contributed by atoms with E-state index in [0.717, 1.165) is 22.0 Å². The Morgan fingerprint density at radius 2 is 1.86 bits per heavy atom. The molecule has 0 bridgehead atoms. The van der Waals surface area contributed by atoms with Crippen LogP contribution in [-0.4, -0.2) is 87.8 Å². The lowest BCUT2D eigenvalue weighted by atomic mass is 9.98. The lowest BCUT2D eigenvalue weighted by Crippen LogP contribution is -2.57. The van der Waals surface area contributed by atoms with Crippen molar-refractivity contribution >= 4 is 39.2 Å². The van der Waals surface area contributed by atoms with Crippen molar-refractivity contribution in [3.63, 3.8) is 0 Å². The van der Waals surface area contributed by atoms with Gasteiger partial charge in [-0.1, -0.05) is 41.9 Å². The number of halogens is 2. The Kier molecular flexibility index (Phi) is 11.4. The molecular formula is C34H38ClFN6O6S. The lowest BCUT2D eigenvalue weighted by molar-refractivity contribution is 0.0678. The molecule has 1 saturated heterocycles. The monoisotopic (exact) mass is 712 g/mol. The van der Waals surface area contributed by atoms with Crippen LogP contribution in [0.25, 0.3) is 0 Å². The van der Waals surface area contributed by atoms with Crippen LogP contribution in [0, 0.1) is 5.82 Å². The summed E-state index contributed by atoms with van der Waals surface area (Å²) in [7, 11) is 2.17. The summed E-state index contributed by atoms with van der Waals surface area (Å²) in [6.07, 6.45) is 2.68. The number of rotatable bonds is 12. The number of sulfonamides is 1. The van der Waals surface area contributed by atoms with Gasteiger partial charge in [0.05, 0.1) is 31.5 Å². The molecule has 260 valence electrons. The topological polar surface area (TPSA) is 126 Å². The molecule has 1 N–H and O–H groups in total. The van der Waals surface area contributed by atoms with E-state index in [9.17, 15) is 13.2 Å². The highest BCUT2D eigenvalue weighted by Gasteiger charge is 2.35. The first kappa shape index (κ1) is 35.6. The second-order valence-corrected chi connectivity index (χ2v) is 13.8. The van der Waals surface area contributed by atoms with Gasteiger partial charge in [-0.25, -0.2) is 31.9 Å². The van der Waals surface area contributed by atoms with Crippen molar-refractivity contribution in [1.82, 2.24) is 19.8 Å². The molecule has 1 aliphatic rings. The molecule has 4 aromatic rings. The van der Waals surface area contributed by atoms with Gasteiger partial charge in [-0.15, -0.1) is 0 Å². The third kappa shape index (κ3) is 8.32. The number of methoxy groups -OCH3 is 2. The fourth-order valence-electron chi connectivity index (χ4n) is 5.61. The van der Waals surface area contributed by atoms with Crippen LogP contribution < -0.4 is 19.1 Å². The Bertz CT molecular complexity index is 1860. The highest BCUT2D eigenvalue weighted by atomic mass is 35.5. The first-order valence-electron chi connectivity index (χ1n) is 15.4. The van der Waals surface area contributed by atoms with Crippen LogP contribution in [0.2, 0.25) is 5.02 Å². The number of aromatic nitrogens is 2. The molecule has 5 rings (SSSR count). The van der Waals surface area contributed by atoms with Gasteiger partial charge in [0.1, 0.15) is 41.0 Å². The van der Waals surface area contributed by atoms with Crippen molar-refractivity contribution in [2.45, 2.75) is 36.6 Å². The molecule has 15 heteroatoms. The fraction of sp³-hybridized carbons (Fsp3) is 0.324. The van der Waals surface area contributed by atoms with Gasteiger partial charge in [0, 0.05) is 49.1 Å². The number of benzene rings is 3. The van der Waals surface area contributed by atoms with Gasteiger partial charge in [0.2, 0.25) is 0 Å². The van der Waals surface area contributed by atoms with E-state index < -0.39 is 26.8 Å². The van der Waals surface area contributed by atoms with Crippen LogP contribution in [0.3, 0.4) is 0 Å². The number of amides is 1. The Balaban J connectivity index is 1.36. The first-order chi connectivity index (χ1) is 23.5. The molecule has 1 aliphatic heterocycles. The molecule has 0 spiro atoms. The summed E-state index contributed by atoms with van der Waals surface area (Å²) >= 11 is 6.65. The zero-order chi connectivity index (χ0) is 35.1. The third-order valence-corrected chi connectivity index (χ3v) is 10.3. The maximum absolute atomic E-state index is 15.9. The first-order valence-corrected chi connectivity index (χ1v) is 17.2. The SMILES string of the molecule is COc1ccc(CN(c2ccncn2)S(=O)(=O)c2cc(Cl)c(N[C@H]3CCN(C(=O)OCc4ccccc4)C[C@@H]3N(C)C)cc2F)c(OC)c1. The summed E-state index contributed by atoms with van der Waals surface area (Å²) in [5, 5.41) is 3.30. The number of hydrogen-bond donors (Lipinski definition) is 1. The van der Waals surface area contributed by atoms with Crippen molar-refractivity contribution in [1.29, 1.82) is 0 Å². The van der Waals surface area contributed by atoms with E-state index in [1.807, 2.05) is 49.3 Å². The van der Waals surface area contributed by atoms with Gasteiger partial charge < -0.3 is 29.3 Å². The van der Waals surface area contributed by atoms with E-state index >= 15 is 4.39 Å². The largest absolute Gasteiger partial charge is 0.497 e. The molecule has 0 unspecified atom stereocenters. The van der Waals surface area contributed by atoms with E-state index in [1.54, 1.807) is 23.1 Å². The average Bonchev–Trinajstić information content (AvgIpc) is 3.11. The minimum Gasteiger partial charge on any atom is -0.497 e. The maximum Gasteiger partial charge on any atom is 0.410 e. The maximum atomic E-state index is 15.9. The van der Waals surface area contributed by atoms with E-state index in [1.165, 1.54) is 32.8 Å². The molecular weight excluding hydrogens is 675 g/mol. The normalized spacial score (nSPS) is 16.3. The molecule has 0 saturated carbocycles. The molecule has 1 fully saturated rings. The second-order valence-electron chi connectivity index (χ2n) is 11.6. The van der Waals surface area contributed by atoms with Crippen LogP contribution >= 0.6 is 11.6 Å². The van der Waals surface area contributed by atoms with Crippen molar-refractivity contribution < 1.29 is 31.8 Å². The Hall–Kier alpha value is -4.66. The number of nitrogens with one attached hydrogen (secondary N) is 1. The summed E-state index contributed by atoms with van der Waals surface area (Å²) in [5.41, 5.74) is 1.60. The number of ether oxygens (including phenoxy) is 3. The standard InChI is InChI=1S/C34H38ClFN6O6S/c1-40(2)30-20-41(34(43)48-21-23-8-6-5-7-9-23)15-13-28(30)39-29-18-27(36)32(17-26(29)35)49(44,45)42(33-12-14-37-22-38-33)19-24-10-11-25(46-3)16-31(24)47-4/h5-12,14,16-18,22,28,30,39H,13,15,19-21H2,1-4H3/t28-,30-/m0/s1. The number of nitrogens with zero attached hydrogens (tertiary/aromatic N) is 5. The highest BCUT2D eigenvalue weighted by molar-refractivity contribution is 7.92. The zero-order valence-corrected chi connectivity index (χ0v) is 29.1.